The van der Waals surface area contributed by atoms with E-state index in [4.69, 9.17) is 0 Å². The molecule has 1 aliphatic heterocycles. The van der Waals surface area contributed by atoms with E-state index >= 15 is 0 Å². The molecule has 4 nitrogen and oxygen atoms in total. The van der Waals surface area contributed by atoms with Crippen molar-refractivity contribution < 1.29 is 9.59 Å². The summed E-state index contributed by atoms with van der Waals surface area (Å²) in [6.45, 7) is 10.7. The lowest BCUT2D eigenvalue weighted by molar-refractivity contribution is -0.114. The van der Waals surface area contributed by atoms with Crippen LogP contribution >= 0.6 is 0 Å². The van der Waals surface area contributed by atoms with Crippen molar-refractivity contribution in [2.75, 3.05) is 18.4 Å². The maximum Gasteiger partial charge on any atom is 0.221 e. The molecule has 4 heteroatoms. The number of carbonyl (C=O) groups excluding carboxylic acids is 2. The van der Waals surface area contributed by atoms with Crippen LogP contribution < -0.4 is 5.32 Å². The van der Waals surface area contributed by atoms with E-state index in [0.29, 0.717) is 0 Å². The predicted octanol–water partition coefficient (Wildman–Crippen LogP) is 5.04. The monoisotopic (exact) mass is 392 g/mol. The minimum absolute atomic E-state index is 0.0582. The lowest BCUT2D eigenvalue weighted by Gasteiger charge is -2.32. The molecule has 1 N–H and O–H groups in total. The Morgan fingerprint density at radius 2 is 1.69 bits per heavy atom. The number of hydrogen-bond acceptors (Lipinski definition) is 3. The van der Waals surface area contributed by atoms with Gasteiger partial charge in [0.2, 0.25) is 5.91 Å². The van der Waals surface area contributed by atoms with E-state index in [2.05, 4.69) is 43.1 Å². The van der Waals surface area contributed by atoms with Crippen LogP contribution in [0.25, 0.3) is 0 Å². The van der Waals surface area contributed by atoms with Gasteiger partial charge in [0.1, 0.15) is 0 Å². The Morgan fingerprint density at radius 3 is 2.28 bits per heavy atom. The van der Waals surface area contributed by atoms with Gasteiger partial charge >= 0.3 is 0 Å². The number of piperidine rings is 1. The van der Waals surface area contributed by atoms with Gasteiger partial charge in [0.15, 0.2) is 5.78 Å². The predicted molar refractivity (Wildman–Crippen MR) is 118 cm³/mol. The number of anilines is 1. The zero-order valence-electron chi connectivity index (χ0n) is 18.0. The van der Waals surface area contributed by atoms with Crippen molar-refractivity contribution in [3.8, 4) is 0 Å². The Balaban J connectivity index is 1.61. The summed E-state index contributed by atoms with van der Waals surface area (Å²) in [5, 5.41) is 2.79. The van der Waals surface area contributed by atoms with Crippen LogP contribution in [-0.2, 0) is 16.8 Å². The molecule has 1 unspecified atom stereocenters. The van der Waals surface area contributed by atoms with Crippen molar-refractivity contribution in [1.29, 1.82) is 0 Å². The number of carbonyl (C=O) groups is 2. The Kier molecular flexibility index (Phi) is 6.53. The molecule has 154 valence electrons. The van der Waals surface area contributed by atoms with E-state index in [1.54, 1.807) is 0 Å². The largest absolute Gasteiger partial charge is 0.326 e. The summed E-state index contributed by atoms with van der Waals surface area (Å²) >= 11 is 0. The molecule has 0 aromatic heterocycles. The molecule has 2 aromatic rings. The summed E-state index contributed by atoms with van der Waals surface area (Å²) in [5.41, 5.74) is 4.18. The summed E-state index contributed by atoms with van der Waals surface area (Å²) < 4.78 is 0. The van der Waals surface area contributed by atoms with Crippen LogP contribution in [0.3, 0.4) is 0 Å². The fraction of sp³-hybridized carbons (Fsp3) is 0.440. The van der Waals surface area contributed by atoms with E-state index in [0.717, 1.165) is 43.7 Å². The van der Waals surface area contributed by atoms with Gasteiger partial charge in [0.05, 0.1) is 0 Å². The summed E-state index contributed by atoms with van der Waals surface area (Å²) in [7, 11) is 0. The molecule has 29 heavy (non-hydrogen) atoms. The fourth-order valence-electron chi connectivity index (χ4n) is 3.94. The first kappa shape index (κ1) is 21.3. The van der Waals surface area contributed by atoms with Crippen molar-refractivity contribution in [3.05, 3.63) is 65.2 Å². The molecular formula is C25H32N2O2. The third-order valence-electron chi connectivity index (χ3n) is 5.59. The summed E-state index contributed by atoms with van der Waals surface area (Å²) in [5.74, 6) is 0.254. The van der Waals surface area contributed by atoms with E-state index in [-0.39, 0.29) is 23.0 Å². The third-order valence-corrected chi connectivity index (χ3v) is 5.59. The average molecular weight is 393 g/mol. The maximum absolute atomic E-state index is 13.0. The topological polar surface area (TPSA) is 49.4 Å². The Bertz CT molecular complexity index is 848. The molecule has 2 aromatic carbocycles. The first-order chi connectivity index (χ1) is 13.7. The standard InChI is InChI=1S/C25H32N2O2/c1-18(28)26-23-13-7-19(8-14-23)16-27-15-5-6-21(17-27)24(29)20-9-11-22(12-10-20)25(2,3)4/h7-14,21H,5-6,15-17H2,1-4H3,(H,26,28). The molecule has 3 rings (SSSR count). The Morgan fingerprint density at radius 1 is 1.03 bits per heavy atom. The summed E-state index contributed by atoms with van der Waals surface area (Å²) in [6.07, 6.45) is 2.00. The van der Waals surface area contributed by atoms with Gasteiger partial charge in [-0.25, -0.2) is 0 Å². The zero-order chi connectivity index (χ0) is 21.0. The number of hydrogen-bond donors (Lipinski definition) is 1. The van der Waals surface area contributed by atoms with Crippen molar-refractivity contribution >= 4 is 17.4 Å². The molecule has 0 aliphatic carbocycles. The van der Waals surface area contributed by atoms with Gasteiger partial charge in [-0.15, -0.1) is 0 Å². The number of Topliss-reactive ketones (excluding diaryl/α,β-unsaturated/α-hetero) is 1. The van der Waals surface area contributed by atoms with Crippen LogP contribution in [0.15, 0.2) is 48.5 Å². The highest BCUT2D eigenvalue weighted by molar-refractivity contribution is 5.98. The highest BCUT2D eigenvalue weighted by Gasteiger charge is 2.27. The van der Waals surface area contributed by atoms with Crippen LogP contribution in [0.1, 0.15) is 62.0 Å². The number of amides is 1. The summed E-state index contributed by atoms with van der Waals surface area (Å²) in [6, 6.07) is 16.1. The molecule has 1 aliphatic rings. The van der Waals surface area contributed by atoms with Crippen LogP contribution in [-0.4, -0.2) is 29.7 Å². The SMILES string of the molecule is CC(=O)Nc1ccc(CN2CCCC(C(=O)c3ccc(C(C)(C)C)cc3)C2)cc1. The second-order valence-corrected chi connectivity index (χ2v) is 9.14. The molecule has 1 heterocycles. The van der Waals surface area contributed by atoms with E-state index in [9.17, 15) is 9.59 Å². The average Bonchev–Trinajstić information content (AvgIpc) is 2.68. The minimum Gasteiger partial charge on any atom is -0.326 e. The Hall–Kier alpha value is -2.46. The van der Waals surface area contributed by atoms with E-state index in [1.165, 1.54) is 18.1 Å². The highest BCUT2D eigenvalue weighted by Crippen LogP contribution is 2.26. The first-order valence-corrected chi connectivity index (χ1v) is 10.5. The number of nitrogens with zero attached hydrogens (tertiary/aromatic N) is 1. The zero-order valence-corrected chi connectivity index (χ0v) is 18.0. The van der Waals surface area contributed by atoms with Gasteiger partial charge in [0, 0.05) is 37.2 Å². The fourth-order valence-corrected chi connectivity index (χ4v) is 3.94. The summed E-state index contributed by atoms with van der Waals surface area (Å²) in [4.78, 5) is 26.6. The van der Waals surface area contributed by atoms with Gasteiger partial charge in [-0.05, 0) is 48.1 Å². The molecular weight excluding hydrogens is 360 g/mol. The molecule has 1 atom stereocenters. The molecule has 1 amide bonds. The third kappa shape index (κ3) is 5.77. The second-order valence-electron chi connectivity index (χ2n) is 9.14. The van der Waals surface area contributed by atoms with Crippen molar-refractivity contribution in [3.63, 3.8) is 0 Å². The minimum atomic E-state index is -0.0642. The van der Waals surface area contributed by atoms with Gasteiger partial charge in [-0.1, -0.05) is 57.2 Å². The quantitative estimate of drug-likeness (QED) is 0.726. The van der Waals surface area contributed by atoms with Crippen LogP contribution in [0, 0.1) is 5.92 Å². The number of rotatable bonds is 5. The number of ketones is 1. The van der Waals surface area contributed by atoms with E-state index < -0.39 is 0 Å². The molecule has 1 fully saturated rings. The molecule has 0 bridgehead atoms. The molecule has 0 radical (unpaired) electrons. The highest BCUT2D eigenvalue weighted by atomic mass is 16.1. The van der Waals surface area contributed by atoms with Crippen molar-refractivity contribution in [2.24, 2.45) is 5.92 Å². The van der Waals surface area contributed by atoms with Gasteiger partial charge in [-0.3, -0.25) is 14.5 Å². The first-order valence-electron chi connectivity index (χ1n) is 10.5. The molecule has 0 saturated carbocycles. The van der Waals surface area contributed by atoms with Gasteiger partial charge in [-0.2, -0.15) is 0 Å². The molecule has 1 saturated heterocycles. The van der Waals surface area contributed by atoms with Crippen LogP contribution in [0.5, 0.6) is 0 Å². The van der Waals surface area contributed by atoms with Crippen LogP contribution in [0.4, 0.5) is 5.69 Å². The lowest BCUT2D eigenvalue weighted by atomic mass is 9.85. The van der Waals surface area contributed by atoms with Gasteiger partial charge < -0.3 is 5.32 Å². The van der Waals surface area contributed by atoms with Crippen molar-refractivity contribution in [2.45, 2.75) is 52.5 Å². The number of benzene rings is 2. The lowest BCUT2D eigenvalue weighted by Crippen LogP contribution is -2.38. The van der Waals surface area contributed by atoms with Crippen molar-refractivity contribution in [1.82, 2.24) is 4.90 Å². The molecule has 0 spiro atoms. The van der Waals surface area contributed by atoms with Gasteiger partial charge in [0.25, 0.3) is 0 Å². The normalized spacial score (nSPS) is 17.7. The van der Waals surface area contributed by atoms with E-state index in [1.807, 2.05) is 36.4 Å². The maximum atomic E-state index is 13.0. The van der Waals surface area contributed by atoms with Crippen LogP contribution in [0.2, 0.25) is 0 Å². The number of nitrogens with one attached hydrogen (secondary N) is 1. The smallest absolute Gasteiger partial charge is 0.221 e. The second kappa shape index (κ2) is 8.91. The number of likely N-dealkylation sites (tertiary alicyclic amines) is 1. The Labute approximate surface area is 174 Å².